The summed E-state index contributed by atoms with van der Waals surface area (Å²) in [6.45, 7) is 6.36. The van der Waals surface area contributed by atoms with E-state index in [-0.39, 0.29) is 11.9 Å². The van der Waals surface area contributed by atoms with Crippen molar-refractivity contribution in [3.63, 3.8) is 0 Å². The molecule has 0 aromatic carbocycles. The summed E-state index contributed by atoms with van der Waals surface area (Å²) in [6, 6.07) is 1.51. The Kier molecular flexibility index (Phi) is 3.58. The molecule has 114 valence electrons. The second-order valence-corrected chi connectivity index (χ2v) is 4.96. The van der Waals surface area contributed by atoms with Gasteiger partial charge in [-0.3, -0.25) is 9.20 Å². The highest BCUT2D eigenvalue weighted by Crippen LogP contribution is 2.13. The van der Waals surface area contributed by atoms with Crippen molar-refractivity contribution in [1.82, 2.24) is 34.4 Å². The van der Waals surface area contributed by atoms with E-state index < -0.39 is 0 Å². The third kappa shape index (κ3) is 2.32. The first-order chi connectivity index (χ1) is 10.6. The van der Waals surface area contributed by atoms with E-state index in [1.165, 1.54) is 6.33 Å². The Morgan fingerprint density at radius 1 is 1.41 bits per heavy atom. The van der Waals surface area contributed by atoms with Crippen molar-refractivity contribution in [1.29, 1.82) is 0 Å². The highest BCUT2D eigenvalue weighted by atomic mass is 16.2. The Morgan fingerprint density at radius 2 is 2.23 bits per heavy atom. The molecule has 3 aromatic heterocycles. The second kappa shape index (κ2) is 5.55. The molecule has 0 saturated carbocycles. The first-order valence-electron chi connectivity index (χ1n) is 7.10. The zero-order valence-electron chi connectivity index (χ0n) is 12.7. The van der Waals surface area contributed by atoms with E-state index in [1.54, 1.807) is 34.5 Å². The molecule has 3 rings (SSSR count). The maximum Gasteiger partial charge on any atom is 0.270 e. The molecule has 0 spiro atoms. The van der Waals surface area contributed by atoms with E-state index in [2.05, 4.69) is 25.4 Å². The molecule has 8 nitrogen and oxygen atoms in total. The normalized spacial score (nSPS) is 12.5. The van der Waals surface area contributed by atoms with Gasteiger partial charge >= 0.3 is 0 Å². The van der Waals surface area contributed by atoms with Crippen LogP contribution in [0.4, 0.5) is 0 Å². The molecular formula is C14H17N7O. The lowest BCUT2D eigenvalue weighted by atomic mass is 10.2. The average Bonchev–Trinajstić information content (AvgIpc) is 3.09. The highest BCUT2D eigenvalue weighted by Gasteiger charge is 2.21. The summed E-state index contributed by atoms with van der Waals surface area (Å²) in [4.78, 5) is 25.2. The molecular weight excluding hydrogens is 282 g/mol. The quantitative estimate of drug-likeness (QED) is 0.780. The fourth-order valence-electron chi connectivity index (χ4n) is 2.45. The molecule has 1 N–H and O–H groups in total. The van der Waals surface area contributed by atoms with E-state index in [9.17, 15) is 4.79 Å². The Labute approximate surface area is 127 Å². The van der Waals surface area contributed by atoms with Gasteiger partial charge in [-0.1, -0.05) is 0 Å². The molecule has 0 aliphatic rings. The fourth-order valence-corrected chi connectivity index (χ4v) is 2.45. The molecule has 3 aromatic rings. The molecule has 0 aliphatic carbocycles. The van der Waals surface area contributed by atoms with E-state index >= 15 is 0 Å². The van der Waals surface area contributed by atoms with Gasteiger partial charge in [0.25, 0.3) is 5.91 Å². The van der Waals surface area contributed by atoms with E-state index in [0.29, 0.717) is 23.7 Å². The Hall–Kier alpha value is -2.77. The maximum atomic E-state index is 12.6. The van der Waals surface area contributed by atoms with Crippen LogP contribution < -0.4 is 5.32 Å². The zero-order valence-corrected chi connectivity index (χ0v) is 12.7. The number of carbonyl (C=O) groups is 1. The van der Waals surface area contributed by atoms with Gasteiger partial charge in [-0.25, -0.2) is 19.6 Å². The van der Waals surface area contributed by atoms with Gasteiger partial charge < -0.3 is 5.32 Å². The van der Waals surface area contributed by atoms with Gasteiger partial charge in [-0.15, -0.1) is 0 Å². The first kappa shape index (κ1) is 14.2. The molecule has 8 heteroatoms. The number of aryl methyl sites for hydroxylation is 2. The number of amides is 1. The highest BCUT2D eigenvalue weighted by molar-refractivity contribution is 5.94. The van der Waals surface area contributed by atoms with E-state index in [1.807, 2.05) is 13.8 Å². The predicted octanol–water partition coefficient (Wildman–Crippen LogP) is 1.14. The SMILES string of the molecule is CCn1ncnc1[C@@H](C)NC(=O)c1c(C)nc2ncccn12. The van der Waals surface area contributed by atoms with Gasteiger partial charge in [-0.05, 0) is 26.8 Å². The number of carbonyl (C=O) groups excluding carboxylic acids is 1. The number of imidazole rings is 1. The van der Waals surface area contributed by atoms with Crippen LogP contribution in [0.2, 0.25) is 0 Å². The monoisotopic (exact) mass is 299 g/mol. The zero-order chi connectivity index (χ0) is 15.7. The molecule has 0 aliphatic heterocycles. The Bertz CT molecular complexity index is 820. The van der Waals surface area contributed by atoms with Gasteiger partial charge in [0.05, 0.1) is 11.7 Å². The van der Waals surface area contributed by atoms with Crippen molar-refractivity contribution in [3.8, 4) is 0 Å². The summed E-state index contributed by atoms with van der Waals surface area (Å²) in [6.07, 6.45) is 4.91. The molecule has 0 bridgehead atoms. The molecule has 1 amide bonds. The minimum Gasteiger partial charge on any atom is -0.341 e. The topological polar surface area (TPSA) is 90.0 Å². The van der Waals surface area contributed by atoms with Crippen LogP contribution in [0.3, 0.4) is 0 Å². The van der Waals surface area contributed by atoms with Crippen molar-refractivity contribution in [3.05, 3.63) is 42.0 Å². The third-order valence-electron chi connectivity index (χ3n) is 3.47. The summed E-state index contributed by atoms with van der Waals surface area (Å²) < 4.78 is 3.44. The van der Waals surface area contributed by atoms with Gasteiger partial charge in [0.2, 0.25) is 5.78 Å². The van der Waals surface area contributed by atoms with Gasteiger partial charge in [0.15, 0.2) is 0 Å². The van der Waals surface area contributed by atoms with E-state index in [4.69, 9.17) is 0 Å². The van der Waals surface area contributed by atoms with Crippen molar-refractivity contribution in [2.75, 3.05) is 0 Å². The number of fused-ring (bicyclic) bond motifs is 1. The average molecular weight is 299 g/mol. The summed E-state index contributed by atoms with van der Waals surface area (Å²) in [5.41, 5.74) is 1.12. The lowest BCUT2D eigenvalue weighted by Crippen LogP contribution is -2.30. The smallest absolute Gasteiger partial charge is 0.270 e. The minimum absolute atomic E-state index is 0.212. The van der Waals surface area contributed by atoms with Crippen LogP contribution in [0.25, 0.3) is 5.78 Å². The number of nitrogens with zero attached hydrogens (tertiary/aromatic N) is 6. The molecule has 0 unspecified atom stereocenters. The van der Waals surface area contributed by atoms with Crippen LogP contribution in [-0.4, -0.2) is 35.0 Å². The number of rotatable bonds is 4. The van der Waals surface area contributed by atoms with Crippen molar-refractivity contribution in [2.24, 2.45) is 0 Å². The third-order valence-corrected chi connectivity index (χ3v) is 3.47. The predicted molar refractivity (Wildman–Crippen MR) is 79.3 cm³/mol. The lowest BCUT2D eigenvalue weighted by molar-refractivity contribution is 0.0930. The van der Waals surface area contributed by atoms with Gasteiger partial charge in [0.1, 0.15) is 17.8 Å². The van der Waals surface area contributed by atoms with Crippen LogP contribution in [0, 0.1) is 6.92 Å². The van der Waals surface area contributed by atoms with Crippen LogP contribution >= 0.6 is 0 Å². The van der Waals surface area contributed by atoms with Crippen LogP contribution in [0.1, 0.15) is 41.9 Å². The van der Waals surface area contributed by atoms with Crippen LogP contribution in [0.5, 0.6) is 0 Å². The summed E-state index contributed by atoms with van der Waals surface area (Å²) in [5.74, 6) is 1.02. The largest absolute Gasteiger partial charge is 0.341 e. The van der Waals surface area contributed by atoms with Gasteiger partial charge in [-0.2, -0.15) is 5.10 Å². The maximum absolute atomic E-state index is 12.6. The number of hydrogen-bond acceptors (Lipinski definition) is 5. The van der Waals surface area contributed by atoms with Crippen molar-refractivity contribution < 1.29 is 4.79 Å². The van der Waals surface area contributed by atoms with E-state index in [0.717, 1.165) is 5.82 Å². The molecule has 0 fully saturated rings. The summed E-state index contributed by atoms with van der Waals surface area (Å²) in [7, 11) is 0. The Balaban J connectivity index is 1.89. The van der Waals surface area contributed by atoms with Gasteiger partial charge in [0, 0.05) is 18.9 Å². The molecule has 22 heavy (non-hydrogen) atoms. The molecule has 0 saturated heterocycles. The molecule has 3 heterocycles. The minimum atomic E-state index is -0.253. The fraction of sp³-hybridized carbons (Fsp3) is 0.357. The number of nitrogens with one attached hydrogen (secondary N) is 1. The molecule has 1 atom stereocenters. The molecule has 0 radical (unpaired) electrons. The van der Waals surface area contributed by atoms with Crippen LogP contribution in [-0.2, 0) is 6.54 Å². The van der Waals surface area contributed by atoms with Crippen molar-refractivity contribution in [2.45, 2.75) is 33.4 Å². The van der Waals surface area contributed by atoms with Crippen LogP contribution in [0.15, 0.2) is 24.8 Å². The second-order valence-electron chi connectivity index (χ2n) is 4.96. The Morgan fingerprint density at radius 3 is 3.00 bits per heavy atom. The number of hydrogen-bond donors (Lipinski definition) is 1. The summed E-state index contributed by atoms with van der Waals surface area (Å²) >= 11 is 0. The van der Waals surface area contributed by atoms with Crippen molar-refractivity contribution >= 4 is 11.7 Å². The number of aromatic nitrogens is 6. The standard InChI is InChI=1S/C14H17N7O/c1-4-21-12(16-8-17-21)10(3)18-13(22)11-9(2)19-14-15-6-5-7-20(11)14/h5-8,10H,4H2,1-3H3,(H,18,22)/t10-/m1/s1. The summed E-state index contributed by atoms with van der Waals surface area (Å²) in [5, 5.41) is 7.06. The lowest BCUT2D eigenvalue weighted by Gasteiger charge is -2.14. The first-order valence-corrected chi connectivity index (χ1v) is 7.10.